The van der Waals surface area contributed by atoms with Crippen molar-refractivity contribution in [1.29, 1.82) is 0 Å². The number of carbonyl (C=O) groups is 1. The van der Waals surface area contributed by atoms with Crippen LogP contribution in [-0.4, -0.2) is 50.4 Å². The van der Waals surface area contributed by atoms with Crippen molar-refractivity contribution in [3.05, 3.63) is 59.5 Å². The maximum atomic E-state index is 15.4. The second-order valence-electron chi connectivity index (χ2n) is 8.78. The lowest BCUT2D eigenvalue weighted by molar-refractivity contribution is -0.129. The Labute approximate surface area is 210 Å². The van der Waals surface area contributed by atoms with Crippen LogP contribution in [0.1, 0.15) is 26.2 Å². The number of nitrogens with zero attached hydrogens (tertiary/aromatic N) is 5. The lowest BCUT2D eigenvalue weighted by atomic mass is 10.0. The molecule has 5 rings (SSSR count). The number of fused-ring (bicyclic) bond motifs is 1. The number of amidine groups is 1. The summed E-state index contributed by atoms with van der Waals surface area (Å²) in [4.78, 5) is 18.2. The van der Waals surface area contributed by atoms with Crippen molar-refractivity contribution in [3.63, 3.8) is 0 Å². The van der Waals surface area contributed by atoms with Crippen LogP contribution in [0.4, 0.5) is 10.1 Å². The highest BCUT2D eigenvalue weighted by Crippen LogP contribution is 2.33. The number of halogens is 2. The molecule has 0 bridgehead atoms. The first kappa shape index (κ1) is 23.7. The lowest BCUT2D eigenvalue weighted by Crippen LogP contribution is -2.33. The molecule has 1 unspecified atom stereocenters. The van der Waals surface area contributed by atoms with Gasteiger partial charge in [0.2, 0.25) is 17.1 Å². The van der Waals surface area contributed by atoms with Gasteiger partial charge in [0, 0.05) is 44.6 Å². The van der Waals surface area contributed by atoms with Gasteiger partial charge in [-0.3, -0.25) is 9.78 Å². The van der Waals surface area contributed by atoms with E-state index in [9.17, 15) is 9.00 Å². The van der Waals surface area contributed by atoms with E-state index < -0.39 is 17.0 Å². The molecule has 0 N–H and O–H groups in total. The molecule has 1 aromatic heterocycles. The molecular formula is C25H25ClFN5O2S. The Balaban J connectivity index is 1.39. The molecule has 2 atom stereocenters. The number of carbonyl (C=O) groups excluding carboxylic acids is 1. The molecule has 1 saturated heterocycles. The van der Waals surface area contributed by atoms with Gasteiger partial charge in [0.15, 0.2) is 0 Å². The number of pyridine rings is 1. The van der Waals surface area contributed by atoms with Crippen LogP contribution < -0.4 is 4.31 Å². The minimum absolute atomic E-state index is 0.132. The van der Waals surface area contributed by atoms with E-state index in [2.05, 4.69) is 10.1 Å². The topological polar surface area (TPSA) is 69.1 Å². The standard InChI is InChI=1S/C25H25ClFN5O2S/c1-3-25(33)31-9-8-16(15-31)10-24-29-30(2)35(34)32(24)23-7-6-17(12-21(23)27)18-4-5-19-11-20(26)14-28-22(19)13-18/h4-7,11-14,16H,3,8-10,15H2,1-2H3/t16-,35?/m0/s1. The van der Waals surface area contributed by atoms with E-state index in [0.717, 1.165) is 22.9 Å². The van der Waals surface area contributed by atoms with E-state index in [0.29, 0.717) is 42.4 Å². The summed E-state index contributed by atoms with van der Waals surface area (Å²) in [5, 5.41) is 5.89. The van der Waals surface area contributed by atoms with Crippen molar-refractivity contribution >= 4 is 51.1 Å². The SMILES string of the molecule is CCC(=O)N1CC[C@@H](CC2=NN(C)S(=O)N2c2ccc(-c3ccc4cc(Cl)cnc4c3)cc2F)C1. The van der Waals surface area contributed by atoms with Crippen LogP contribution in [0.2, 0.25) is 5.02 Å². The van der Waals surface area contributed by atoms with E-state index in [1.54, 1.807) is 25.4 Å². The summed E-state index contributed by atoms with van der Waals surface area (Å²) in [5.74, 6) is 0.375. The first-order valence-electron chi connectivity index (χ1n) is 11.5. The van der Waals surface area contributed by atoms with Gasteiger partial charge in [-0.05, 0) is 47.7 Å². The summed E-state index contributed by atoms with van der Waals surface area (Å²) in [6.45, 7) is 3.20. The lowest BCUT2D eigenvalue weighted by Gasteiger charge is -2.21. The monoisotopic (exact) mass is 513 g/mol. The van der Waals surface area contributed by atoms with Crippen molar-refractivity contribution in [2.24, 2.45) is 11.0 Å². The average molecular weight is 514 g/mol. The molecule has 0 saturated carbocycles. The Hall–Kier alpha value is -3.04. The number of aromatic nitrogens is 1. The molecule has 2 aliphatic heterocycles. The second-order valence-corrected chi connectivity index (χ2v) is 10.6. The Morgan fingerprint density at radius 3 is 2.74 bits per heavy atom. The zero-order valence-corrected chi connectivity index (χ0v) is 21.0. The summed E-state index contributed by atoms with van der Waals surface area (Å²) < 4.78 is 31.2. The largest absolute Gasteiger partial charge is 0.342 e. The van der Waals surface area contributed by atoms with Crippen LogP contribution in [0.15, 0.2) is 53.8 Å². The van der Waals surface area contributed by atoms with Crippen LogP contribution in [0.5, 0.6) is 0 Å². The molecule has 182 valence electrons. The molecule has 1 amide bonds. The van der Waals surface area contributed by atoms with Gasteiger partial charge in [-0.1, -0.05) is 36.7 Å². The summed E-state index contributed by atoms with van der Waals surface area (Å²) in [6, 6.07) is 12.4. The molecule has 10 heteroatoms. The van der Waals surface area contributed by atoms with Crippen molar-refractivity contribution in [2.75, 3.05) is 24.4 Å². The van der Waals surface area contributed by atoms with Crippen molar-refractivity contribution in [2.45, 2.75) is 26.2 Å². The van der Waals surface area contributed by atoms with E-state index in [1.807, 2.05) is 36.1 Å². The van der Waals surface area contributed by atoms with Crippen molar-refractivity contribution < 1.29 is 13.4 Å². The molecule has 2 aliphatic rings. The van der Waals surface area contributed by atoms with Gasteiger partial charge in [-0.25, -0.2) is 12.9 Å². The highest BCUT2D eigenvalue weighted by Gasteiger charge is 2.36. The Morgan fingerprint density at radius 2 is 1.97 bits per heavy atom. The fourth-order valence-electron chi connectivity index (χ4n) is 4.63. The van der Waals surface area contributed by atoms with Gasteiger partial charge in [-0.2, -0.15) is 4.41 Å². The summed E-state index contributed by atoms with van der Waals surface area (Å²) in [5.41, 5.74) is 2.48. The fourth-order valence-corrected chi connectivity index (χ4v) is 5.80. The van der Waals surface area contributed by atoms with Gasteiger partial charge in [0.05, 0.1) is 16.2 Å². The van der Waals surface area contributed by atoms with E-state index in [-0.39, 0.29) is 17.5 Å². The first-order chi connectivity index (χ1) is 16.8. The second kappa shape index (κ2) is 9.54. The highest BCUT2D eigenvalue weighted by atomic mass is 35.5. The molecule has 0 spiro atoms. The van der Waals surface area contributed by atoms with Crippen LogP contribution in [0.3, 0.4) is 0 Å². The number of amides is 1. The molecule has 0 radical (unpaired) electrons. The quantitative estimate of drug-likeness (QED) is 0.483. The molecule has 3 heterocycles. The zero-order chi connectivity index (χ0) is 24.7. The molecule has 1 fully saturated rings. The van der Waals surface area contributed by atoms with Gasteiger partial charge < -0.3 is 4.90 Å². The zero-order valence-electron chi connectivity index (χ0n) is 19.4. The Bertz CT molecular complexity index is 1370. The van der Waals surface area contributed by atoms with Crippen LogP contribution >= 0.6 is 11.6 Å². The maximum Gasteiger partial charge on any atom is 0.247 e. The van der Waals surface area contributed by atoms with Crippen molar-refractivity contribution in [3.8, 4) is 11.1 Å². The number of anilines is 1. The third-order valence-corrected chi connectivity index (χ3v) is 7.90. The van der Waals surface area contributed by atoms with E-state index in [4.69, 9.17) is 11.6 Å². The third kappa shape index (κ3) is 4.62. The number of hydrogen-bond acceptors (Lipinski definition) is 4. The number of hydrogen-bond donors (Lipinski definition) is 0. The minimum atomic E-state index is -1.67. The molecule has 35 heavy (non-hydrogen) atoms. The first-order valence-corrected chi connectivity index (χ1v) is 12.9. The number of benzene rings is 2. The van der Waals surface area contributed by atoms with Gasteiger partial charge >= 0.3 is 0 Å². The van der Waals surface area contributed by atoms with Gasteiger partial charge in [-0.15, -0.1) is 5.10 Å². The summed E-state index contributed by atoms with van der Waals surface area (Å²) >= 11 is 4.35. The van der Waals surface area contributed by atoms with Gasteiger partial charge in [0.25, 0.3) is 0 Å². The molecule has 0 aliphatic carbocycles. The third-order valence-electron chi connectivity index (χ3n) is 6.44. The van der Waals surface area contributed by atoms with Crippen LogP contribution in [0, 0.1) is 11.7 Å². The molecule has 2 aromatic carbocycles. The average Bonchev–Trinajstić information content (AvgIpc) is 3.42. The summed E-state index contributed by atoms with van der Waals surface area (Å²) in [7, 11) is 1.61. The Morgan fingerprint density at radius 1 is 1.20 bits per heavy atom. The summed E-state index contributed by atoms with van der Waals surface area (Å²) in [6.07, 6.45) is 3.42. The number of likely N-dealkylation sites (tertiary alicyclic amines) is 1. The smallest absolute Gasteiger partial charge is 0.247 e. The van der Waals surface area contributed by atoms with Crippen LogP contribution in [-0.2, 0) is 16.0 Å². The van der Waals surface area contributed by atoms with E-state index >= 15 is 4.39 Å². The number of rotatable bonds is 5. The minimum Gasteiger partial charge on any atom is -0.342 e. The highest BCUT2D eigenvalue weighted by molar-refractivity contribution is 7.85. The van der Waals surface area contributed by atoms with Crippen molar-refractivity contribution in [1.82, 2.24) is 14.3 Å². The molecule has 3 aromatic rings. The predicted octanol–water partition coefficient (Wildman–Crippen LogP) is 4.99. The Kier molecular flexibility index (Phi) is 6.46. The molecule has 7 nitrogen and oxygen atoms in total. The fraction of sp³-hybridized carbons (Fsp3) is 0.320. The van der Waals surface area contributed by atoms with Gasteiger partial charge in [0.1, 0.15) is 11.7 Å². The normalized spacial score (nSPS) is 20.1. The van der Waals surface area contributed by atoms with E-state index in [1.165, 1.54) is 14.8 Å². The van der Waals surface area contributed by atoms with Crippen LogP contribution in [0.25, 0.3) is 22.0 Å². The predicted molar refractivity (Wildman–Crippen MR) is 138 cm³/mol. The number of hydrazone groups is 1. The molecular weight excluding hydrogens is 489 g/mol. The maximum absolute atomic E-state index is 15.4.